The molecule has 0 aliphatic carbocycles. The number of pyridine rings is 1. The number of fused-ring (bicyclic) bond motifs is 1. The summed E-state index contributed by atoms with van der Waals surface area (Å²) in [5.41, 5.74) is 3.24. The first-order chi connectivity index (χ1) is 14.0. The third-order valence-corrected chi connectivity index (χ3v) is 5.23. The normalized spacial score (nSPS) is 19.9. The number of nitrogens with zero attached hydrogens (tertiary/aromatic N) is 4. The van der Waals surface area contributed by atoms with E-state index in [2.05, 4.69) is 27.1 Å². The lowest BCUT2D eigenvalue weighted by atomic mass is 10.0. The van der Waals surface area contributed by atoms with Gasteiger partial charge in [0.05, 0.1) is 23.4 Å². The lowest BCUT2D eigenvalue weighted by Crippen LogP contribution is -2.48. The number of rotatable bonds is 4. The van der Waals surface area contributed by atoms with Crippen LogP contribution in [-0.2, 0) is 0 Å². The molecule has 0 unspecified atom stereocenters. The Morgan fingerprint density at radius 3 is 2.86 bits per heavy atom. The van der Waals surface area contributed by atoms with Crippen LogP contribution in [0.25, 0.3) is 22.5 Å². The van der Waals surface area contributed by atoms with Crippen molar-refractivity contribution in [1.29, 1.82) is 5.26 Å². The third-order valence-electron chi connectivity index (χ3n) is 5.23. The molecular formula is C21H23N5O3. The van der Waals surface area contributed by atoms with Gasteiger partial charge in [0.15, 0.2) is 5.58 Å². The van der Waals surface area contributed by atoms with E-state index < -0.39 is 0 Å². The molecule has 150 valence electrons. The predicted molar refractivity (Wildman–Crippen MR) is 109 cm³/mol. The fourth-order valence-electron chi connectivity index (χ4n) is 3.88. The highest BCUT2D eigenvalue weighted by molar-refractivity contribution is 5.78. The molecule has 0 spiro atoms. The van der Waals surface area contributed by atoms with Gasteiger partial charge in [-0.25, -0.2) is 4.98 Å². The van der Waals surface area contributed by atoms with Gasteiger partial charge >= 0.3 is 0 Å². The summed E-state index contributed by atoms with van der Waals surface area (Å²) >= 11 is 0. The van der Waals surface area contributed by atoms with Gasteiger partial charge in [0.25, 0.3) is 6.01 Å². The first-order valence-electron chi connectivity index (χ1n) is 9.65. The fraction of sp³-hybridized carbons (Fsp3) is 0.381. The smallest absolute Gasteiger partial charge is 0.297 e. The van der Waals surface area contributed by atoms with Gasteiger partial charge in [-0.2, -0.15) is 10.2 Å². The number of β-amino-alcohol motifs (C(OH)–C–C–N with tert-alkyl or cyclic N) is 1. The van der Waals surface area contributed by atoms with E-state index in [1.165, 1.54) is 6.07 Å². The van der Waals surface area contributed by atoms with E-state index >= 15 is 0 Å². The number of anilines is 1. The number of likely N-dealkylation sites (tertiary alicyclic amines) is 1. The molecule has 2 atom stereocenters. The summed E-state index contributed by atoms with van der Waals surface area (Å²) in [7, 11) is 0. The minimum absolute atomic E-state index is 0.00564. The van der Waals surface area contributed by atoms with Gasteiger partial charge in [-0.15, -0.1) is 0 Å². The number of aromatic nitrogens is 2. The summed E-state index contributed by atoms with van der Waals surface area (Å²) in [6.07, 6.45) is 0.254. The van der Waals surface area contributed by atoms with Crippen molar-refractivity contribution < 1.29 is 14.6 Å². The number of nitrogens with one attached hydrogen (secondary N) is 1. The average Bonchev–Trinajstić information content (AvgIpc) is 3.08. The Labute approximate surface area is 168 Å². The van der Waals surface area contributed by atoms with Crippen LogP contribution in [0.5, 0.6) is 5.75 Å². The first-order valence-corrected chi connectivity index (χ1v) is 9.65. The van der Waals surface area contributed by atoms with Crippen LogP contribution < -0.4 is 5.32 Å². The number of phenolic OH excluding ortho intramolecular Hbond substituents is 1. The monoisotopic (exact) mass is 393 g/mol. The van der Waals surface area contributed by atoms with Crippen LogP contribution in [0.3, 0.4) is 0 Å². The topological polar surface area (TPSA) is 118 Å². The largest absolute Gasteiger partial charge is 0.507 e. The van der Waals surface area contributed by atoms with E-state index in [0.717, 1.165) is 18.7 Å². The maximum atomic E-state index is 10.3. The Kier molecular flexibility index (Phi) is 5.09. The molecule has 8 heteroatoms. The van der Waals surface area contributed by atoms with E-state index in [9.17, 15) is 10.2 Å². The molecule has 3 N–H and O–H groups in total. The molecule has 2 aromatic heterocycles. The lowest BCUT2D eigenvalue weighted by molar-refractivity contribution is 0.0667. The molecule has 1 aromatic carbocycles. The molecule has 0 amide bonds. The number of hydrogen-bond acceptors (Lipinski definition) is 8. The first kappa shape index (κ1) is 19.2. The van der Waals surface area contributed by atoms with Crippen molar-refractivity contribution in [2.75, 3.05) is 25.0 Å². The molecule has 1 aliphatic rings. The number of aliphatic hydroxyl groups is 1. The van der Waals surface area contributed by atoms with Crippen LogP contribution in [0, 0.1) is 18.3 Å². The van der Waals surface area contributed by atoms with Crippen LogP contribution in [0.1, 0.15) is 24.5 Å². The minimum Gasteiger partial charge on any atom is -0.507 e. The Morgan fingerprint density at radius 2 is 2.14 bits per heavy atom. The van der Waals surface area contributed by atoms with Crippen molar-refractivity contribution in [3.8, 4) is 23.1 Å². The molecule has 0 saturated carbocycles. The summed E-state index contributed by atoms with van der Waals surface area (Å²) in [5.74, 6) is 0.00564. The third kappa shape index (κ3) is 3.88. The molecule has 1 fully saturated rings. The van der Waals surface area contributed by atoms with Crippen LogP contribution in [0.4, 0.5) is 6.01 Å². The molecular weight excluding hydrogens is 370 g/mol. The van der Waals surface area contributed by atoms with Crippen molar-refractivity contribution in [3.05, 3.63) is 35.4 Å². The number of hydrogen-bond donors (Lipinski definition) is 3. The number of aryl methyl sites for hydroxylation is 1. The van der Waals surface area contributed by atoms with Crippen LogP contribution in [0.2, 0.25) is 0 Å². The number of oxazole rings is 1. The Balaban J connectivity index is 1.61. The average molecular weight is 393 g/mol. The van der Waals surface area contributed by atoms with Gasteiger partial charge in [0, 0.05) is 24.7 Å². The number of piperidine rings is 1. The number of phenols is 1. The highest BCUT2D eigenvalue weighted by atomic mass is 16.4. The van der Waals surface area contributed by atoms with Gasteiger partial charge < -0.3 is 19.9 Å². The lowest BCUT2D eigenvalue weighted by Gasteiger charge is -2.34. The number of aliphatic hydroxyl groups excluding tert-OH is 1. The zero-order valence-electron chi connectivity index (χ0n) is 16.4. The van der Waals surface area contributed by atoms with Crippen LogP contribution in [-0.4, -0.2) is 56.9 Å². The van der Waals surface area contributed by atoms with Crippen molar-refractivity contribution in [1.82, 2.24) is 14.9 Å². The second kappa shape index (κ2) is 7.70. The maximum absolute atomic E-state index is 10.3. The molecule has 29 heavy (non-hydrogen) atoms. The molecule has 1 saturated heterocycles. The molecule has 1 aliphatic heterocycles. The van der Waals surface area contributed by atoms with E-state index in [-0.39, 0.29) is 17.9 Å². The highest BCUT2D eigenvalue weighted by Crippen LogP contribution is 2.33. The van der Waals surface area contributed by atoms with Crippen molar-refractivity contribution in [2.24, 2.45) is 0 Å². The fourth-order valence-corrected chi connectivity index (χ4v) is 3.88. The molecule has 8 nitrogen and oxygen atoms in total. The molecule has 0 radical (unpaired) electrons. The highest BCUT2D eigenvalue weighted by Gasteiger charge is 2.26. The van der Waals surface area contributed by atoms with Crippen LogP contribution >= 0.6 is 0 Å². The summed E-state index contributed by atoms with van der Waals surface area (Å²) in [6.45, 7) is 6.26. The van der Waals surface area contributed by atoms with Gasteiger partial charge in [-0.05, 0) is 49.7 Å². The SMILES string of the molecule is CCN1C[C@H](O)C[C@@H](Nc2nc3nc(-c4c(C)cc(C#N)cc4O)ccc3o2)C1. The van der Waals surface area contributed by atoms with Gasteiger partial charge in [0.2, 0.25) is 5.65 Å². The maximum Gasteiger partial charge on any atom is 0.297 e. The number of nitriles is 1. The summed E-state index contributed by atoms with van der Waals surface area (Å²) in [6, 6.07) is 9.10. The Hall–Kier alpha value is -3.15. The molecule has 3 aromatic rings. The molecule has 4 rings (SSSR count). The van der Waals surface area contributed by atoms with Crippen LogP contribution in [0.15, 0.2) is 28.7 Å². The second-order valence-corrected chi connectivity index (χ2v) is 7.42. The van der Waals surface area contributed by atoms with Crippen molar-refractivity contribution in [2.45, 2.75) is 32.4 Å². The molecule has 3 heterocycles. The number of aromatic hydroxyl groups is 1. The summed E-state index contributed by atoms with van der Waals surface area (Å²) < 4.78 is 5.77. The van der Waals surface area contributed by atoms with Crippen molar-refractivity contribution in [3.63, 3.8) is 0 Å². The van der Waals surface area contributed by atoms with Gasteiger partial charge in [-0.1, -0.05) is 6.92 Å². The second-order valence-electron chi connectivity index (χ2n) is 7.42. The minimum atomic E-state index is -0.377. The van der Waals surface area contributed by atoms with E-state index in [0.29, 0.717) is 47.0 Å². The standard InChI is InChI=1S/C21H23N5O3/c1-3-26-10-14(8-15(27)11-26)23-21-25-20-18(29-21)5-4-16(24-20)19-12(2)6-13(9-22)7-17(19)28/h4-7,14-15,27-28H,3,8,10-11H2,1-2H3,(H,23,24,25)/t14-,15-/m1/s1. The molecule has 0 bridgehead atoms. The van der Waals surface area contributed by atoms with Crippen molar-refractivity contribution >= 4 is 17.2 Å². The zero-order chi connectivity index (χ0) is 20.5. The number of likely N-dealkylation sites (N-methyl/N-ethyl adjacent to an activating group) is 1. The Morgan fingerprint density at radius 1 is 1.31 bits per heavy atom. The van der Waals surface area contributed by atoms with E-state index in [1.54, 1.807) is 18.2 Å². The quantitative estimate of drug-likeness (QED) is 0.619. The van der Waals surface area contributed by atoms with Gasteiger partial charge in [0.1, 0.15) is 5.75 Å². The number of benzene rings is 1. The summed E-state index contributed by atoms with van der Waals surface area (Å²) in [4.78, 5) is 11.2. The van der Waals surface area contributed by atoms with E-state index in [4.69, 9.17) is 9.68 Å². The predicted octanol–water partition coefficient (Wildman–Crippen LogP) is 2.64. The zero-order valence-corrected chi connectivity index (χ0v) is 16.4. The Bertz CT molecular complexity index is 1060. The van der Waals surface area contributed by atoms with Gasteiger partial charge in [-0.3, -0.25) is 4.90 Å². The van der Waals surface area contributed by atoms with E-state index in [1.807, 2.05) is 13.0 Å². The summed E-state index contributed by atoms with van der Waals surface area (Å²) in [5, 5.41) is 32.7.